The van der Waals surface area contributed by atoms with Crippen LogP contribution in [0, 0.1) is 23.7 Å². The van der Waals surface area contributed by atoms with E-state index in [9.17, 15) is 19.2 Å². The molecule has 0 radical (unpaired) electrons. The summed E-state index contributed by atoms with van der Waals surface area (Å²) in [5, 5.41) is 0. The maximum Gasteiger partial charge on any atom is 0.317 e. The average Bonchev–Trinajstić information content (AvgIpc) is 3.06. The number of cyclic esters (lactones) is 4. The normalized spacial score (nSPS) is 25.8. The maximum absolute atomic E-state index is 11.8. The lowest BCUT2D eigenvalue weighted by Gasteiger charge is -2.20. The number of carbonyl (C=O) groups excluding carboxylic acids is 4. The van der Waals surface area contributed by atoms with Crippen molar-refractivity contribution in [3.8, 4) is 0 Å². The second-order valence-electron chi connectivity index (χ2n) is 7.37. The molecule has 0 aromatic rings. The Morgan fingerprint density at radius 3 is 1.92 bits per heavy atom. The lowest BCUT2D eigenvalue weighted by Crippen LogP contribution is -2.19. The van der Waals surface area contributed by atoms with Crippen LogP contribution >= 0.6 is 0 Å². The summed E-state index contributed by atoms with van der Waals surface area (Å²) in [5.74, 6) is -1.77. The molecule has 140 valence electrons. The van der Waals surface area contributed by atoms with E-state index >= 15 is 0 Å². The largest absolute Gasteiger partial charge is 0.393 e. The smallest absolute Gasteiger partial charge is 0.317 e. The van der Waals surface area contributed by atoms with E-state index < -0.39 is 11.9 Å². The predicted octanol–water partition coefficient (Wildman–Crippen LogP) is 3.17. The summed E-state index contributed by atoms with van der Waals surface area (Å²) >= 11 is 0. The van der Waals surface area contributed by atoms with Gasteiger partial charge in [-0.2, -0.15) is 0 Å². The van der Waals surface area contributed by atoms with Crippen LogP contribution in [-0.4, -0.2) is 23.9 Å². The van der Waals surface area contributed by atoms with Crippen LogP contribution in [0.5, 0.6) is 0 Å². The Kier molecular flexibility index (Phi) is 7.14. The summed E-state index contributed by atoms with van der Waals surface area (Å²) in [4.78, 5) is 45.8. The molecule has 0 N–H and O–H groups in total. The van der Waals surface area contributed by atoms with Gasteiger partial charge >= 0.3 is 23.9 Å². The number of hydrogen-bond acceptors (Lipinski definition) is 6. The van der Waals surface area contributed by atoms with E-state index in [1.165, 1.54) is 0 Å². The maximum atomic E-state index is 11.8. The highest BCUT2D eigenvalue weighted by Gasteiger charge is 2.39. The first-order valence-corrected chi connectivity index (χ1v) is 9.41. The molecule has 2 heterocycles. The van der Waals surface area contributed by atoms with Crippen LogP contribution in [0.4, 0.5) is 0 Å². The lowest BCUT2D eigenvalue weighted by molar-refractivity contribution is -0.155. The van der Waals surface area contributed by atoms with Crippen LogP contribution in [0.3, 0.4) is 0 Å². The van der Waals surface area contributed by atoms with Gasteiger partial charge in [0, 0.05) is 0 Å². The fraction of sp³-hybridized carbons (Fsp3) is 0.789. The Morgan fingerprint density at radius 1 is 0.840 bits per heavy atom. The third kappa shape index (κ3) is 5.38. The van der Waals surface area contributed by atoms with Gasteiger partial charge in [-0.05, 0) is 31.1 Å². The van der Waals surface area contributed by atoms with Crippen molar-refractivity contribution in [1.29, 1.82) is 0 Å². The topological polar surface area (TPSA) is 86.7 Å². The highest BCUT2D eigenvalue weighted by Crippen LogP contribution is 2.32. The SMILES string of the molecule is CCCC(CCCCCC(C)C1CC(=O)OC1=O)C1CC(=O)OC1=O. The molecular formula is C19H28O6. The van der Waals surface area contributed by atoms with Crippen LogP contribution in [0.25, 0.3) is 0 Å². The van der Waals surface area contributed by atoms with Gasteiger partial charge in [-0.1, -0.05) is 39.5 Å². The van der Waals surface area contributed by atoms with Crippen molar-refractivity contribution in [3.63, 3.8) is 0 Å². The molecule has 2 rings (SSSR count). The third-order valence-corrected chi connectivity index (χ3v) is 5.46. The van der Waals surface area contributed by atoms with Gasteiger partial charge in [-0.15, -0.1) is 0 Å². The quantitative estimate of drug-likeness (QED) is 0.341. The zero-order valence-corrected chi connectivity index (χ0v) is 15.1. The summed E-state index contributed by atoms with van der Waals surface area (Å²) in [5.41, 5.74) is 0. The van der Waals surface area contributed by atoms with Gasteiger partial charge in [0.15, 0.2) is 0 Å². The van der Waals surface area contributed by atoms with Crippen LogP contribution in [0.1, 0.15) is 71.6 Å². The van der Waals surface area contributed by atoms with E-state index in [0.717, 1.165) is 44.9 Å². The Hall–Kier alpha value is -1.72. The fourth-order valence-corrected chi connectivity index (χ4v) is 3.95. The van der Waals surface area contributed by atoms with E-state index in [1.807, 2.05) is 6.92 Å². The lowest BCUT2D eigenvalue weighted by atomic mass is 9.83. The highest BCUT2D eigenvalue weighted by atomic mass is 16.6. The number of esters is 4. The highest BCUT2D eigenvalue weighted by molar-refractivity contribution is 5.95. The molecule has 0 amide bonds. The first-order chi connectivity index (χ1) is 11.9. The molecule has 2 aliphatic rings. The summed E-state index contributed by atoms with van der Waals surface area (Å²) in [6.45, 7) is 4.07. The molecule has 0 spiro atoms. The molecule has 0 bridgehead atoms. The molecule has 2 saturated heterocycles. The van der Waals surface area contributed by atoms with Crippen LogP contribution in [0.2, 0.25) is 0 Å². The Labute approximate surface area is 148 Å². The molecule has 0 aromatic carbocycles. The minimum atomic E-state index is -0.415. The van der Waals surface area contributed by atoms with E-state index in [0.29, 0.717) is 0 Å². The van der Waals surface area contributed by atoms with E-state index in [2.05, 4.69) is 16.4 Å². The summed E-state index contributed by atoms with van der Waals surface area (Å²) in [6, 6.07) is 0. The summed E-state index contributed by atoms with van der Waals surface area (Å²) < 4.78 is 9.29. The second-order valence-corrected chi connectivity index (χ2v) is 7.37. The van der Waals surface area contributed by atoms with Gasteiger partial charge in [0.2, 0.25) is 0 Å². The minimum absolute atomic E-state index is 0.146. The van der Waals surface area contributed by atoms with Crippen molar-refractivity contribution in [2.75, 3.05) is 0 Å². The predicted molar refractivity (Wildman–Crippen MR) is 89.1 cm³/mol. The van der Waals surface area contributed by atoms with Crippen molar-refractivity contribution in [3.05, 3.63) is 0 Å². The van der Waals surface area contributed by atoms with Crippen molar-refractivity contribution < 1.29 is 28.7 Å². The van der Waals surface area contributed by atoms with E-state index in [-0.39, 0.29) is 48.5 Å². The van der Waals surface area contributed by atoms with Crippen LogP contribution in [0.15, 0.2) is 0 Å². The Morgan fingerprint density at radius 2 is 1.40 bits per heavy atom. The summed E-state index contributed by atoms with van der Waals surface area (Å²) in [7, 11) is 0. The van der Waals surface area contributed by atoms with Crippen LogP contribution < -0.4 is 0 Å². The van der Waals surface area contributed by atoms with Crippen molar-refractivity contribution >= 4 is 23.9 Å². The van der Waals surface area contributed by atoms with E-state index in [4.69, 9.17) is 0 Å². The van der Waals surface area contributed by atoms with Gasteiger partial charge in [0.05, 0.1) is 24.7 Å². The number of hydrogen-bond donors (Lipinski definition) is 0. The van der Waals surface area contributed by atoms with Crippen LogP contribution in [-0.2, 0) is 28.7 Å². The molecule has 25 heavy (non-hydrogen) atoms. The van der Waals surface area contributed by atoms with Gasteiger partial charge < -0.3 is 9.47 Å². The number of unbranched alkanes of at least 4 members (excludes halogenated alkanes) is 2. The zero-order chi connectivity index (χ0) is 18.4. The third-order valence-electron chi connectivity index (χ3n) is 5.46. The van der Waals surface area contributed by atoms with Gasteiger partial charge in [0.1, 0.15) is 0 Å². The standard InChI is InChI=1S/C19H28O6/c1-3-7-13(15-11-17(21)25-19(15)23)9-6-4-5-8-12(2)14-10-16(20)24-18(14)22/h12-15H,3-11H2,1-2H3. The first kappa shape index (κ1) is 19.6. The fourth-order valence-electron chi connectivity index (χ4n) is 3.95. The molecular weight excluding hydrogens is 324 g/mol. The molecule has 6 nitrogen and oxygen atoms in total. The monoisotopic (exact) mass is 352 g/mol. The summed E-state index contributed by atoms with van der Waals surface area (Å²) in [6.07, 6.45) is 7.12. The second kappa shape index (κ2) is 9.11. The molecule has 2 fully saturated rings. The number of rotatable bonds is 10. The molecule has 6 heteroatoms. The van der Waals surface area contributed by atoms with Crippen molar-refractivity contribution in [2.45, 2.75) is 71.6 Å². The number of ether oxygens (including phenoxy) is 2. The number of carbonyl (C=O) groups is 4. The average molecular weight is 352 g/mol. The molecule has 0 aromatic heterocycles. The molecule has 4 unspecified atom stereocenters. The molecule has 0 aliphatic carbocycles. The van der Waals surface area contributed by atoms with Gasteiger partial charge in [-0.25, -0.2) is 0 Å². The first-order valence-electron chi connectivity index (χ1n) is 9.41. The van der Waals surface area contributed by atoms with E-state index in [1.54, 1.807) is 0 Å². The van der Waals surface area contributed by atoms with Gasteiger partial charge in [-0.3, -0.25) is 19.2 Å². The van der Waals surface area contributed by atoms with Crippen molar-refractivity contribution in [1.82, 2.24) is 0 Å². The molecule has 4 atom stereocenters. The minimum Gasteiger partial charge on any atom is -0.393 e. The molecule has 2 aliphatic heterocycles. The Bertz CT molecular complexity index is 526. The van der Waals surface area contributed by atoms with Gasteiger partial charge in [0.25, 0.3) is 0 Å². The molecule has 0 saturated carbocycles. The Balaban J connectivity index is 1.68. The zero-order valence-electron chi connectivity index (χ0n) is 15.1. The van der Waals surface area contributed by atoms with Crippen molar-refractivity contribution in [2.24, 2.45) is 23.7 Å².